The first-order valence-corrected chi connectivity index (χ1v) is 8.54. The minimum atomic E-state index is 0.778. The standard InChI is InChI=1S/C19H31N/c1-16(2)18-13-6-7-14-19(18)20-15-9-8-12-17-10-4-3-5-11-17/h3-5,10-11,16,18-20H,6-9,12-15H2,1-2H3. The Bertz CT molecular complexity index is 357. The topological polar surface area (TPSA) is 12.0 Å². The van der Waals surface area contributed by atoms with Crippen molar-refractivity contribution in [3.8, 4) is 0 Å². The zero-order chi connectivity index (χ0) is 14.2. The smallest absolute Gasteiger partial charge is 0.00977 e. The molecule has 0 heterocycles. The molecule has 2 unspecified atom stereocenters. The van der Waals surface area contributed by atoms with Crippen LogP contribution < -0.4 is 5.32 Å². The molecule has 0 aliphatic heterocycles. The predicted molar refractivity (Wildman–Crippen MR) is 88.0 cm³/mol. The molecule has 1 aromatic carbocycles. The second-order valence-electron chi connectivity index (χ2n) is 6.70. The van der Waals surface area contributed by atoms with Gasteiger partial charge in [-0.05, 0) is 56.0 Å². The Balaban J connectivity index is 1.62. The van der Waals surface area contributed by atoms with E-state index in [1.54, 1.807) is 0 Å². The summed E-state index contributed by atoms with van der Waals surface area (Å²) >= 11 is 0. The molecule has 1 aliphatic carbocycles. The lowest BCUT2D eigenvalue weighted by Crippen LogP contribution is -2.41. The summed E-state index contributed by atoms with van der Waals surface area (Å²) in [6.07, 6.45) is 9.51. The van der Waals surface area contributed by atoms with Gasteiger partial charge in [0, 0.05) is 6.04 Å². The van der Waals surface area contributed by atoms with Crippen molar-refractivity contribution in [1.82, 2.24) is 5.32 Å². The minimum absolute atomic E-state index is 0.778. The van der Waals surface area contributed by atoms with Crippen LogP contribution in [0.5, 0.6) is 0 Å². The third-order valence-corrected chi connectivity index (χ3v) is 4.82. The molecule has 1 saturated carbocycles. The van der Waals surface area contributed by atoms with Crippen LogP contribution >= 0.6 is 0 Å². The van der Waals surface area contributed by atoms with E-state index in [0.29, 0.717) is 0 Å². The van der Waals surface area contributed by atoms with Crippen LogP contribution in [0.25, 0.3) is 0 Å². The quantitative estimate of drug-likeness (QED) is 0.703. The van der Waals surface area contributed by atoms with Gasteiger partial charge in [0.1, 0.15) is 0 Å². The van der Waals surface area contributed by atoms with E-state index in [4.69, 9.17) is 0 Å². The fourth-order valence-corrected chi connectivity index (χ4v) is 3.60. The Labute approximate surface area is 125 Å². The lowest BCUT2D eigenvalue weighted by molar-refractivity contribution is 0.205. The fraction of sp³-hybridized carbons (Fsp3) is 0.684. The molecule has 1 N–H and O–H groups in total. The highest BCUT2D eigenvalue weighted by Crippen LogP contribution is 2.30. The van der Waals surface area contributed by atoms with Crippen LogP contribution in [0.4, 0.5) is 0 Å². The first kappa shape index (κ1) is 15.6. The van der Waals surface area contributed by atoms with E-state index in [-0.39, 0.29) is 0 Å². The molecular formula is C19H31N. The number of unbranched alkanes of at least 4 members (excludes halogenated alkanes) is 1. The molecule has 20 heavy (non-hydrogen) atoms. The molecule has 0 saturated heterocycles. The number of hydrogen-bond acceptors (Lipinski definition) is 1. The van der Waals surface area contributed by atoms with Gasteiger partial charge < -0.3 is 5.32 Å². The molecular weight excluding hydrogens is 242 g/mol. The van der Waals surface area contributed by atoms with E-state index in [2.05, 4.69) is 49.5 Å². The van der Waals surface area contributed by atoms with Crippen molar-refractivity contribution in [1.29, 1.82) is 0 Å². The van der Waals surface area contributed by atoms with Gasteiger partial charge in [-0.2, -0.15) is 0 Å². The molecule has 2 atom stereocenters. The maximum atomic E-state index is 3.84. The number of hydrogen-bond donors (Lipinski definition) is 1. The third-order valence-electron chi connectivity index (χ3n) is 4.82. The average molecular weight is 273 g/mol. The molecule has 112 valence electrons. The monoisotopic (exact) mass is 273 g/mol. The normalized spacial score (nSPS) is 23.1. The number of aryl methyl sites for hydroxylation is 1. The maximum absolute atomic E-state index is 3.84. The molecule has 2 rings (SSSR count). The molecule has 1 heteroatoms. The molecule has 1 fully saturated rings. The third kappa shape index (κ3) is 4.94. The van der Waals surface area contributed by atoms with Gasteiger partial charge in [-0.25, -0.2) is 0 Å². The highest BCUT2D eigenvalue weighted by molar-refractivity contribution is 5.14. The molecule has 0 amide bonds. The molecule has 0 bridgehead atoms. The molecule has 1 nitrogen and oxygen atoms in total. The summed E-state index contributed by atoms with van der Waals surface area (Å²) in [5.74, 6) is 1.73. The minimum Gasteiger partial charge on any atom is -0.314 e. The van der Waals surface area contributed by atoms with Gasteiger partial charge in [0.05, 0.1) is 0 Å². The van der Waals surface area contributed by atoms with E-state index in [1.165, 1.54) is 57.1 Å². The van der Waals surface area contributed by atoms with Crippen LogP contribution in [-0.4, -0.2) is 12.6 Å². The van der Waals surface area contributed by atoms with Gasteiger partial charge in [-0.3, -0.25) is 0 Å². The van der Waals surface area contributed by atoms with Crippen molar-refractivity contribution < 1.29 is 0 Å². The van der Waals surface area contributed by atoms with E-state index in [9.17, 15) is 0 Å². The maximum Gasteiger partial charge on any atom is 0.00977 e. The van der Waals surface area contributed by atoms with E-state index < -0.39 is 0 Å². The molecule has 0 spiro atoms. The van der Waals surface area contributed by atoms with Gasteiger partial charge in [0.2, 0.25) is 0 Å². The second-order valence-corrected chi connectivity index (χ2v) is 6.70. The average Bonchev–Trinajstić information content (AvgIpc) is 2.48. The Kier molecular flexibility index (Phi) is 6.59. The van der Waals surface area contributed by atoms with Crippen molar-refractivity contribution in [2.75, 3.05) is 6.54 Å². The predicted octanol–water partition coefficient (Wildman–Crippen LogP) is 4.81. The summed E-state index contributed by atoms with van der Waals surface area (Å²) in [5, 5.41) is 3.84. The summed E-state index contributed by atoms with van der Waals surface area (Å²) in [7, 11) is 0. The number of rotatable bonds is 7. The van der Waals surface area contributed by atoms with Gasteiger partial charge in [0.25, 0.3) is 0 Å². The second kappa shape index (κ2) is 8.46. The van der Waals surface area contributed by atoms with Crippen LogP contribution in [0.15, 0.2) is 30.3 Å². The largest absolute Gasteiger partial charge is 0.314 e. The summed E-state index contributed by atoms with van der Waals surface area (Å²) in [6.45, 7) is 5.97. The SMILES string of the molecule is CC(C)C1CCCCC1NCCCCc1ccccc1. The number of nitrogens with one attached hydrogen (secondary N) is 1. The van der Waals surface area contributed by atoms with Crippen molar-refractivity contribution in [2.45, 2.75) is 64.8 Å². The van der Waals surface area contributed by atoms with Crippen LogP contribution in [0.2, 0.25) is 0 Å². The van der Waals surface area contributed by atoms with Gasteiger partial charge >= 0.3 is 0 Å². The zero-order valence-corrected chi connectivity index (χ0v) is 13.3. The Hall–Kier alpha value is -0.820. The van der Waals surface area contributed by atoms with E-state index in [1.807, 2.05) is 0 Å². The van der Waals surface area contributed by atoms with Crippen molar-refractivity contribution in [2.24, 2.45) is 11.8 Å². The Morgan fingerprint density at radius 3 is 2.55 bits per heavy atom. The first-order valence-electron chi connectivity index (χ1n) is 8.54. The molecule has 1 aliphatic rings. The summed E-state index contributed by atoms with van der Waals surface area (Å²) < 4.78 is 0. The van der Waals surface area contributed by atoms with Crippen molar-refractivity contribution in [3.05, 3.63) is 35.9 Å². The lowest BCUT2D eigenvalue weighted by atomic mass is 9.78. The highest BCUT2D eigenvalue weighted by atomic mass is 14.9. The number of benzene rings is 1. The van der Waals surface area contributed by atoms with Gasteiger partial charge in [-0.1, -0.05) is 57.0 Å². The van der Waals surface area contributed by atoms with Gasteiger partial charge in [-0.15, -0.1) is 0 Å². The fourth-order valence-electron chi connectivity index (χ4n) is 3.60. The Morgan fingerprint density at radius 2 is 1.80 bits per heavy atom. The van der Waals surface area contributed by atoms with E-state index in [0.717, 1.165) is 17.9 Å². The summed E-state index contributed by atoms with van der Waals surface area (Å²) in [5.41, 5.74) is 1.48. The van der Waals surface area contributed by atoms with Crippen LogP contribution in [-0.2, 0) is 6.42 Å². The van der Waals surface area contributed by atoms with Gasteiger partial charge in [0.15, 0.2) is 0 Å². The summed E-state index contributed by atoms with van der Waals surface area (Å²) in [6, 6.07) is 11.6. The van der Waals surface area contributed by atoms with E-state index >= 15 is 0 Å². The molecule has 0 aromatic heterocycles. The van der Waals surface area contributed by atoms with Crippen molar-refractivity contribution >= 4 is 0 Å². The zero-order valence-electron chi connectivity index (χ0n) is 13.3. The van der Waals surface area contributed by atoms with Crippen LogP contribution in [0.3, 0.4) is 0 Å². The lowest BCUT2D eigenvalue weighted by Gasteiger charge is -2.35. The highest BCUT2D eigenvalue weighted by Gasteiger charge is 2.26. The first-order chi connectivity index (χ1) is 9.77. The van der Waals surface area contributed by atoms with Crippen LogP contribution in [0.1, 0.15) is 57.9 Å². The molecule has 1 aromatic rings. The molecule has 0 radical (unpaired) electrons. The van der Waals surface area contributed by atoms with Crippen LogP contribution in [0, 0.1) is 11.8 Å². The van der Waals surface area contributed by atoms with Crippen molar-refractivity contribution in [3.63, 3.8) is 0 Å². The summed E-state index contributed by atoms with van der Waals surface area (Å²) in [4.78, 5) is 0. The Morgan fingerprint density at radius 1 is 1.05 bits per heavy atom.